The highest BCUT2D eigenvalue weighted by atomic mass is 16.5. The SMILES string of the molecule is CCCOc1cccc2cc(C(C)=O)cc(OCCC)c12. The van der Waals surface area contributed by atoms with Crippen LogP contribution >= 0.6 is 0 Å². The number of Topliss-reactive ketones (excluding diaryl/α,β-unsaturated/α-hetero) is 1. The van der Waals surface area contributed by atoms with Crippen LogP contribution < -0.4 is 9.47 Å². The van der Waals surface area contributed by atoms with Crippen LogP contribution in [0.25, 0.3) is 10.8 Å². The van der Waals surface area contributed by atoms with Crippen molar-refractivity contribution >= 4 is 16.6 Å². The highest BCUT2D eigenvalue weighted by Gasteiger charge is 2.12. The van der Waals surface area contributed by atoms with Crippen molar-refractivity contribution in [2.45, 2.75) is 33.6 Å². The third-order valence-corrected chi connectivity index (χ3v) is 3.23. The topological polar surface area (TPSA) is 35.5 Å². The van der Waals surface area contributed by atoms with Crippen molar-refractivity contribution < 1.29 is 14.3 Å². The Hall–Kier alpha value is -2.03. The van der Waals surface area contributed by atoms with E-state index < -0.39 is 0 Å². The molecule has 2 aromatic carbocycles. The van der Waals surface area contributed by atoms with Gasteiger partial charge in [0.1, 0.15) is 11.5 Å². The molecule has 0 aliphatic carbocycles. The van der Waals surface area contributed by atoms with Crippen LogP contribution in [0.3, 0.4) is 0 Å². The van der Waals surface area contributed by atoms with Crippen LogP contribution in [0.2, 0.25) is 0 Å². The summed E-state index contributed by atoms with van der Waals surface area (Å²) in [4.78, 5) is 11.7. The summed E-state index contributed by atoms with van der Waals surface area (Å²) in [5, 5.41) is 1.92. The van der Waals surface area contributed by atoms with Gasteiger partial charge in [-0.1, -0.05) is 26.0 Å². The first kappa shape index (κ1) is 15.4. The molecular formula is C18H22O3. The minimum absolute atomic E-state index is 0.0399. The first-order chi connectivity index (χ1) is 10.2. The molecule has 0 aliphatic rings. The minimum atomic E-state index is 0.0399. The molecule has 0 amide bonds. The van der Waals surface area contributed by atoms with E-state index in [1.807, 2.05) is 30.3 Å². The average Bonchev–Trinajstić information content (AvgIpc) is 2.49. The van der Waals surface area contributed by atoms with Gasteiger partial charge in [0.2, 0.25) is 0 Å². The molecule has 3 nitrogen and oxygen atoms in total. The number of rotatable bonds is 7. The summed E-state index contributed by atoms with van der Waals surface area (Å²) in [6.45, 7) is 7.00. The number of ether oxygens (including phenoxy) is 2. The highest BCUT2D eigenvalue weighted by Crippen LogP contribution is 2.35. The molecular weight excluding hydrogens is 264 g/mol. The number of carbonyl (C=O) groups is 1. The maximum Gasteiger partial charge on any atom is 0.159 e. The summed E-state index contributed by atoms with van der Waals surface area (Å²) in [6, 6.07) is 9.60. The summed E-state index contributed by atoms with van der Waals surface area (Å²) < 4.78 is 11.7. The van der Waals surface area contributed by atoms with Gasteiger partial charge in [0.05, 0.1) is 18.6 Å². The zero-order valence-electron chi connectivity index (χ0n) is 12.9. The Morgan fingerprint density at radius 2 is 1.67 bits per heavy atom. The first-order valence-corrected chi connectivity index (χ1v) is 7.50. The Morgan fingerprint density at radius 1 is 1.00 bits per heavy atom. The summed E-state index contributed by atoms with van der Waals surface area (Å²) in [5.41, 5.74) is 0.668. The second kappa shape index (κ2) is 7.11. The van der Waals surface area contributed by atoms with Crippen LogP contribution in [0.5, 0.6) is 11.5 Å². The maximum atomic E-state index is 11.7. The summed E-state index contributed by atoms with van der Waals surface area (Å²) in [6.07, 6.45) is 1.87. The second-order valence-electron chi connectivity index (χ2n) is 5.08. The van der Waals surface area contributed by atoms with Crippen molar-refractivity contribution in [2.24, 2.45) is 0 Å². The fourth-order valence-electron chi connectivity index (χ4n) is 2.22. The molecule has 21 heavy (non-hydrogen) atoms. The van der Waals surface area contributed by atoms with Gasteiger partial charge in [0.15, 0.2) is 5.78 Å². The molecule has 0 N–H and O–H groups in total. The van der Waals surface area contributed by atoms with Crippen LogP contribution in [0.15, 0.2) is 30.3 Å². The minimum Gasteiger partial charge on any atom is -0.493 e. The molecule has 3 heteroatoms. The molecule has 0 radical (unpaired) electrons. The molecule has 0 bridgehead atoms. The molecule has 0 aliphatic heterocycles. The van der Waals surface area contributed by atoms with Gasteiger partial charge in [0, 0.05) is 5.56 Å². The van der Waals surface area contributed by atoms with Gasteiger partial charge >= 0.3 is 0 Å². The van der Waals surface area contributed by atoms with Crippen LogP contribution in [-0.2, 0) is 0 Å². The summed E-state index contributed by atoms with van der Waals surface area (Å²) >= 11 is 0. The van der Waals surface area contributed by atoms with E-state index in [0.29, 0.717) is 18.8 Å². The third kappa shape index (κ3) is 3.54. The van der Waals surface area contributed by atoms with E-state index in [-0.39, 0.29) is 5.78 Å². The Morgan fingerprint density at radius 3 is 2.29 bits per heavy atom. The largest absolute Gasteiger partial charge is 0.493 e. The number of benzene rings is 2. The predicted molar refractivity (Wildman–Crippen MR) is 85.5 cm³/mol. The quantitative estimate of drug-likeness (QED) is 0.697. The van der Waals surface area contributed by atoms with Gasteiger partial charge in [-0.2, -0.15) is 0 Å². The predicted octanol–water partition coefficient (Wildman–Crippen LogP) is 4.62. The molecule has 2 aromatic rings. The van der Waals surface area contributed by atoms with Gasteiger partial charge in [-0.15, -0.1) is 0 Å². The van der Waals surface area contributed by atoms with Crippen LogP contribution in [0, 0.1) is 0 Å². The van der Waals surface area contributed by atoms with Gasteiger partial charge in [-0.05, 0) is 43.4 Å². The molecule has 0 saturated carbocycles. The van der Waals surface area contributed by atoms with Crippen LogP contribution in [-0.4, -0.2) is 19.0 Å². The third-order valence-electron chi connectivity index (χ3n) is 3.23. The number of carbonyl (C=O) groups excluding carboxylic acids is 1. The van der Waals surface area contributed by atoms with Gasteiger partial charge in [0.25, 0.3) is 0 Å². The van der Waals surface area contributed by atoms with E-state index >= 15 is 0 Å². The van der Waals surface area contributed by atoms with Crippen molar-refractivity contribution in [3.63, 3.8) is 0 Å². The smallest absolute Gasteiger partial charge is 0.159 e. The van der Waals surface area contributed by atoms with E-state index in [0.717, 1.165) is 35.1 Å². The van der Waals surface area contributed by atoms with Crippen molar-refractivity contribution in [1.82, 2.24) is 0 Å². The standard InChI is InChI=1S/C18H22O3/c1-4-9-20-16-8-6-7-14-11-15(13(3)19)12-17(18(14)16)21-10-5-2/h6-8,11-12H,4-5,9-10H2,1-3H3. The fourth-order valence-corrected chi connectivity index (χ4v) is 2.22. The Bertz CT molecular complexity index is 632. The van der Waals surface area contributed by atoms with E-state index in [1.165, 1.54) is 0 Å². The van der Waals surface area contributed by atoms with Crippen molar-refractivity contribution in [3.8, 4) is 11.5 Å². The lowest BCUT2D eigenvalue weighted by Gasteiger charge is -2.14. The zero-order chi connectivity index (χ0) is 15.2. The number of hydrogen-bond donors (Lipinski definition) is 0. The summed E-state index contributed by atoms with van der Waals surface area (Å²) in [7, 11) is 0. The Labute approximate surface area is 125 Å². The maximum absolute atomic E-state index is 11.7. The number of ketones is 1. The molecule has 0 saturated heterocycles. The molecule has 0 spiro atoms. The number of hydrogen-bond acceptors (Lipinski definition) is 3. The molecule has 0 heterocycles. The molecule has 112 valence electrons. The lowest BCUT2D eigenvalue weighted by atomic mass is 10.0. The summed E-state index contributed by atoms with van der Waals surface area (Å²) in [5.74, 6) is 1.58. The first-order valence-electron chi connectivity index (χ1n) is 7.50. The average molecular weight is 286 g/mol. The molecule has 0 fully saturated rings. The van der Waals surface area contributed by atoms with Gasteiger partial charge < -0.3 is 9.47 Å². The molecule has 0 atom stereocenters. The molecule has 0 unspecified atom stereocenters. The van der Waals surface area contributed by atoms with Crippen LogP contribution in [0.1, 0.15) is 44.0 Å². The van der Waals surface area contributed by atoms with Crippen LogP contribution in [0.4, 0.5) is 0 Å². The van der Waals surface area contributed by atoms with E-state index in [4.69, 9.17) is 9.47 Å². The fraction of sp³-hybridized carbons (Fsp3) is 0.389. The van der Waals surface area contributed by atoms with Gasteiger partial charge in [-0.25, -0.2) is 0 Å². The van der Waals surface area contributed by atoms with E-state index in [9.17, 15) is 4.79 Å². The van der Waals surface area contributed by atoms with Gasteiger partial charge in [-0.3, -0.25) is 4.79 Å². The number of fused-ring (bicyclic) bond motifs is 1. The zero-order valence-corrected chi connectivity index (χ0v) is 12.9. The molecule has 2 rings (SSSR count). The molecule has 0 aromatic heterocycles. The second-order valence-corrected chi connectivity index (χ2v) is 5.08. The van der Waals surface area contributed by atoms with E-state index in [1.54, 1.807) is 6.92 Å². The van der Waals surface area contributed by atoms with Crippen molar-refractivity contribution in [1.29, 1.82) is 0 Å². The monoisotopic (exact) mass is 286 g/mol. The highest BCUT2D eigenvalue weighted by molar-refractivity contribution is 6.02. The van der Waals surface area contributed by atoms with E-state index in [2.05, 4.69) is 13.8 Å². The lowest BCUT2D eigenvalue weighted by molar-refractivity contribution is 0.101. The van der Waals surface area contributed by atoms with Crippen molar-refractivity contribution in [3.05, 3.63) is 35.9 Å². The Kier molecular flexibility index (Phi) is 5.20. The normalized spacial score (nSPS) is 10.6. The van der Waals surface area contributed by atoms with Crippen molar-refractivity contribution in [2.75, 3.05) is 13.2 Å². The lowest BCUT2D eigenvalue weighted by Crippen LogP contribution is -2.01. The Balaban J connectivity index is 2.57.